The number of anilines is 2. The number of nitrogens with zero attached hydrogens (tertiary/aromatic N) is 1. The molecule has 0 saturated carbocycles. The lowest BCUT2D eigenvalue weighted by Crippen LogP contribution is -2.47. The highest BCUT2D eigenvalue weighted by molar-refractivity contribution is 5.87. The zero-order valence-electron chi connectivity index (χ0n) is 19.0. The van der Waals surface area contributed by atoms with E-state index in [1.165, 1.54) is 35.1 Å². The first kappa shape index (κ1) is 20.6. The van der Waals surface area contributed by atoms with Crippen molar-refractivity contribution >= 4 is 17.5 Å². The molecule has 0 fully saturated rings. The molecule has 4 nitrogen and oxygen atoms in total. The summed E-state index contributed by atoms with van der Waals surface area (Å²) in [5.41, 5.74) is 7.03. The highest BCUT2D eigenvalue weighted by Crippen LogP contribution is 2.54. The van der Waals surface area contributed by atoms with E-state index in [9.17, 15) is 4.79 Å². The van der Waals surface area contributed by atoms with Gasteiger partial charge in [-0.05, 0) is 47.2 Å². The summed E-state index contributed by atoms with van der Waals surface area (Å²) in [4.78, 5) is 14.7. The lowest BCUT2D eigenvalue weighted by Gasteiger charge is -2.50. The van der Waals surface area contributed by atoms with Gasteiger partial charge in [0.2, 0.25) is 0 Å². The molecule has 0 aliphatic carbocycles. The first-order valence-electron chi connectivity index (χ1n) is 11.4. The summed E-state index contributed by atoms with van der Waals surface area (Å²) in [5, 5.41) is 2.95. The second-order valence-corrected chi connectivity index (χ2v) is 9.42. The lowest BCUT2D eigenvalue weighted by molar-refractivity contribution is 0.187. The van der Waals surface area contributed by atoms with Gasteiger partial charge in [0.1, 0.15) is 0 Å². The van der Waals surface area contributed by atoms with Crippen molar-refractivity contribution < 1.29 is 9.53 Å². The Morgan fingerprint density at radius 2 is 1.31 bits per heavy atom. The predicted octanol–water partition coefficient (Wildman–Crippen LogP) is 6.09. The third-order valence-electron chi connectivity index (χ3n) is 7.63. The van der Waals surface area contributed by atoms with E-state index in [2.05, 4.69) is 96.9 Å². The van der Waals surface area contributed by atoms with Crippen LogP contribution in [0, 0.1) is 0 Å². The minimum Gasteiger partial charge on any atom is -0.453 e. The van der Waals surface area contributed by atoms with Crippen LogP contribution in [-0.2, 0) is 15.6 Å². The van der Waals surface area contributed by atoms with E-state index in [1.54, 1.807) is 0 Å². The Balaban J connectivity index is 1.77. The average Bonchev–Trinajstić information content (AvgIpc) is 2.84. The van der Waals surface area contributed by atoms with Gasteiger partial charge in [0, 0.05) is 35.3 Å². The summed E-state index contributed by atoms with van der Waals surface area (Å²) in [6.45, 7) is 6.73. The quantitative estimate of drug-likeness (QED) is 0.551. The number of benzene rings is 3. The molecular formula is C28H30N2O2. The van der Waals surface area contributed by atoms with Gasteiger partial charge in [0.15, 0.2) is 0 Å². The SMILES string of the molecule is COC(=O)Nc1cc2c3c(c1)[C@](C)(c1ccccc1)CCN3CC[C@@]2(C)c1ccccc1. The highest BCUT2D eigenvalue weighted by atomic mass is 16.5. The Kier molecular flexibility index (Phi) is 4.96. The summed E-state index contributed by atoms with van der Waals surface area (Å²) in [6, 6.07) is 25.8. The molecule has 2 aliphatic heterocycles. The molecule has 2 heterocycles. The molecule has 1 amide bonds. The molecule has 0 bridgehead atoms. The minimum absolute atomic E-state index is 0.134. The molecular weight excluding hydrogens is 396 g/mol. The number of amides is 1. The maximum Gasteiger partial charge on any atom is 0.411 e. The maximum absolute atomic E-state index is 12.1. The van der Waals surface area contributed by atoms with E-state index in [0.29, 0.717) is 0 Å². The number of ether oxygens (including phenoxy) is 1. The Hall–Kier alpha value is -3.27. The molecule has 3 aromatic carbocycles. The number of methoxy groups -OCH3 is 1. The van der Waals surface area contributed by atoms with Gasteiger partial charge >= 0.3 is 6.09 Å². The van der Waals surface area contributed by atoms with E-state index in [1.807, 2.05) is 0 Å². The Morgan fingerprint density at radius 1 is 0.844 bits per heavy atom. The minimum atomic E-state index is -0.441. The molecule has 0 unspecified atom stereocenters. The van der Waals surface area contributed by atoms with Crippen LogP contribution in [0.5, 0.6) is 0 Å². The van der Waals surface area contributed by atoms with Crippen LogP contribution >= 0.6 is 0 Å². The number of carbonyl (C=O) groups excluding carboxylic acids is 1. The fourth-order valence-electron chi connectivity index (χ4n) is 5.59. The first-order chi connectivity index (χ1) is 15.5. The molecule has 2 atom stereocenters. The largest absolute Gasteiger partial charge is 0.453 e. The van der Waals surface area contributed by atoms with Crippen LogP contribution < -0.4 is 10.2 Å². The third kappa shape index (κ3) is 3.17. The molecule has 2 aliphatic rings. The van der Waals surface area contributed by atoms with Gasteiger partial charge in [-0.15, -0.1) is 0 Å². The molecule has 4 heteroatoms. The van der Waals surface area contributed by atoms with Gasteiger partial charge in [-0.3, -0.25) is 5.32 Å². The van der Waals surface area contributed by atoms with Crippen LogP contribution in [0.4, 0.5) is 16.2 Å². The molecule has 32 heavy (non-hydrogen) atoms. The van der Waals surface area contributed by atoms with Gasteiger partial charge in [0.25, 0.3) is 0 Å². The van der Waals surface area contributed by atoms with Crippen molar-refractivity contribution in [3.8, 4) is 0 Å². The summed E-state index contributed by atoms with van der Waals surface area (Å²) < 4.78 is 4.92. The van der Waals surface area contributed by atoms with Gasteiger partial charge in [0.05, 0.1) is 7.11 Å². The highest BCUT2D eigenvalue weighted by Gasteiger charge is 2.45. The molecule has 0 radical (unpaired) electrons. The number of hydrogen-bond donors (Lipinski definition) is 1. The van der Waals surface area contributed by atoms with Gasteiger partial charge < -0.3 is 9.64 Å². The second-order valence-electron chi connectivity index (χ2n) is 9.42. The molecule has 0 spiro atoms. The fourth-order valence-corrected chi connectivity index (χ4v) is 5.59. The van der Waals surface area contributed by atoms with Crippen LogP contribution in [0.3, 0.4) is 0 Å². The van der Waals surface area contributed by atoms with Crippen LogP contribution in [0.25, 0.3) is 0 Å². The van der Waals surface area contributed by atoms with Gasteiger partial charge in [-0.1, -0.05) is 74.5 Å². The number of rotatable bonds is 3. The summed E-state index contributed by atoms with van der Waals surface area (Å²) in [5.74, 6) is 0. The lowest BCUT2D eigenvalue weighted by atomic mass is 9.64. The summed E-state index contributed by atoms with van der Waals surface area (Å²) in [6.07, 6.45) is 1.63. The van der Waals surface area contributed by atoms with Crippen LogP contribution in [0.1, 0.15) is 48.9 Å². The van der Waals surface area contributed by atoms with E-state index in [4.69, 9.17) is 4.74 Å². The molecule has 0 aromatic heterocycles. The predicted molar refractivity (Wildman–Crippen MR) is 130 cm³/mol. The van der Waals surface area contributed by atoms with E-state index in [0.717, 1.165) is 31.6 Å². The van der Waals surface area contributed by atoms with E-state index in [-0.39, 0.29) is 10.8 Å². The van der Waals surface area contributed by atoms with Crippen molar-refractivity contribution in [2.24, 2.45) is 0 Å². The van der Waals surface area contributed by atoms with Crippen LogP contribution in [0.15, 0.2) is 72.8 Å². The van der Waals surface area contributed by atoms with Crippen molar-refractivity contribution in [1.29, 1.82) is 0 Å². The normalized spacial score (nSPS) is 23.9. The van der Waals surface area contributed by atoms with Crippen molar-refractivity contribution in [2.45, 2.75) is 37.5 Å². The third-order valence-corrected chi connectivity index (χ3v) is 7.63. The summed E-state index contributed by atoms with van der Waals surface area (Å²) in [7, 11) is 1.40. The standard InChI is InChI=1S/C28H30N2O2/c1-27(20-10-6-4-7-11-20)14-16-30-17-15-28(2,21-12-8-5-9-13-21)24-19-22(29-26(31)32-3)18-23(27)25(24)30/h4-13,18-19H,14-17H2,1-3H3,(H,29,31)/t27-,28-/m0/s1. The van der Waals surface area contributed by atoms with Crippen molar-refractivity contribution in [3.63, 3.8) is 0 Å². The first-order valence-corrected chi connectivity index (χ1v) is 11.4. The Morgan fingerprint density at radius 3 is 1.75 bits per heavy atom. The van der Waals surface area contributed by atoms with Crippen molar-refractivity contribution in [1.82, 2.24) is 0 Å². The van der Waals surface area contributed by atoms with Crippen molar-refractivity contribution in [2.75, 3.05) is 30.4 Å². The van der Waals surface area contributed by atoms with Gasteiger partial charge in [-0.2, -0.15) is 0 Å². The molecule has 5 rings (SSSR count). The van der Waals surface area contributed by atoms with Crippen LogP contribution in [-0.4, -0.2) is 26.3 Å². The number of hydrogen-bond acceptors (Lipinski definition) is 3. The fraction of sp³-hybridized carbons (Fsp3) is 0.321. The maximum atomic E-state index is 12.1. The number of carbonyl (C=O) groups is 1. The smallest absolute Gasteiger partial charge is 0.411 e. The summed E-state index contributed by atoms with van der Waals surface area (Å²) >= 11 is 0. The zero-order valence-corrected chi connectivity index (χ0v) is 19.0. The van der Waals surface area contributed by atoms with E-state index >= 15 is 0 Å². The Bertz CT molecular complexity index is 1070. The zero-order chi connectivity index (χ0) is 22.3. The average molecular weight is 427 g/mol. The monoisotopic (exact) mass is 426 g/mol. The second kappa shape index (κ2) is 7.70. The topological polar surface area (TPSA) is 41.6 Å². The molecule has 3 aromatic rings. The van der Waals surface area contributed by atoms with Crippen molar-refractivity contribution in [3.05, 3.63) is 95.1 Å². The number of nitrogens with one attached hydrogen (secondary N) is 1. The molecule has 0 saturated heterocycles. The molecule has 1 N–H and O–H groups in total. The Labute approximate surface area is 190 Å². The van der Waals surface area contributed by atoms with E-state index < -0.39 is 6.09 Å². The van der Waals surface area contributed by atoms with Crippen LogP contribution in [0.2, 0.25) is 0 Å². The molecule has 164 valence electrons. The van der Waals surface area contributed by atoms with Gasteiger partial charge in [-0.25, -0.2) is 4.79 Å².